The molecule has 0 aromatic rings. The average Bonchev–Trinajstić information content (AvgIpc) is 3.46. The highest BCUT2D eigenvalue weighted by Gasteiger charge is 2.25. The number of unbranched alkanes of at least 4 members (excludes halogenated alkanes) is 38. The SMILES string of the molecule is CC/C=C\C/C=C\C/C=C\C/C=C\C/C=C\C/C=C\CCCCCCCCC(=O)OC(COC(=O)CCCCCCCCCCCCCCCCCCCCCCCCCCCCCCCCCCC)COC(OCC[N+](C)(C)C)C(=O)O. The van der Waals surface area contributed by atoms with Crippen LogP contribution in [0.3, 0.4) is 0 Å². The van der Waals surface area contributed by atoms with Crippen molar-refractivity contribution in [3.05, 3.63) is 72.9 Å². The Morgan fingerprint density at radius 2 is 0.687 bits per heavy atom. The van der Waals surface area contributed by atoms with E-state index in [-0.39, 0.29) is 32.2 Å². The van der Waals surface area contributed by atoms with Crippen LogP contribution in [-0.2, 0) is 33.3 Å². The first-order valence-corrected chi connectivity index (χ1v) is 35.1. The molecule has 9 heteroatoms. The molecule has 482 valence electrons. The fraction of sp³-hybridized carbons (Fsp3) is 0.797. The van der Waals surface area contributed by atoms with E-state index in [2.05, 4.69) is 86.8 Å². The number of quaternary nitrogens is 1. The summed E-state index contributed by atoms with van der Waals surface area (Å²) in [5, 5.41) is 9.74. The Morgan fingerprint density at radius 3 is 1.02 bits per heavy atom. The number of hydrogen-bond acceptors (Lipinski definition) is 7. The van der Waals surface area contributed by atoms with Crippen molar-refractivity contribution in [2.24, 2.45) is 0 Å². The van der Waals surface area contributed by atoms with Gasteiger partial charge in [0.15, 0.2) is 6.10 Å². The molecule has 0 saturated heterocycles. The number of carboxylic acids is 1. The van der Waals surface area contributed by atoms with Crippen LogP contribution < -0.4 is 0 Å². The van der Waals surface area contributed by atoms with Gasteiger partial charge in [0.25, 0.3) is 6.29 Å². The molecule has 0 fully saturated rings. The molecule has 2 atom stereocenters. The normalized spacial score (nSPS) is 13.1. The molecular weight excluding hydrogens is 1030 g/mol. The summed E-state index contributed by atoms with van der Waals surface area (Å²) in [6, 6.07) is 0. The number of aliphatic carboxylic acids is 1. The van der Waals surface area contributed by atoms with Crippen molar-refractivity contribution in [1.82, 2.24) is 0 Å². The molecule has 0 spiro atoms. The summed E-state index contributed by atoms with van der Waals surface area (Å²) >= 11 is 0. The van der Waals surface area contributed by atoms with Gasteiger partial charge in [-0.2, -0.15) is 0 Å². The third-order valence-corrected chi connectivity index (χ3v) is 15.5. The Bertz CT molecular complexity index is 1590. The van der Waals surface area contributed by atoms with Crippen molar-refractivity contribution in [2.75, 3.05) is 47.5 Å². The third-order valence-electron chi connectivity index (χ3n) is 15.5. The quantitative estimate of drug-likeness (QED) is 0.0211. The second-order valence-electron chi connectivity index (χ2n) is 24.8. The number of esters is 2. The third kappa shape index (κ3) is 66.1. The van der Waals surface area contributed by atoms with Crippen LogP contribution in [0.15, 0.2) is 72.9 Å². The molecule has 0 aromatic heterocycles. The highest BCUT2D eigenvalue weighted by Crippen LogP contribution is 2.18. The maximum atomic E-state index is 12.9. The van der Waals surface area contributed by atoms with Gasteiger partial charge in [-0.25, -0.2) is 4.79 Å². The summed E-state index contributed by atoms with van der Waals surface area (Å²) < 4.78 is 23.0. The molecule has 0 amide bonds. The highest BCUT2D eigenvalue weighted by atomic mass is 16.7. The number of allylic oxidation sites excluding steroid dienone is 12. The molecule has 9 nitrogen and oxygen atoms in total. The van der Waals surface area contributed by atoms with E-state index in [9.17, 15) is 19.5 Å². The van der Waals surface area contributed by atoms with Gasteiger partial charge in [0.05, 0.1) is 34.4 Å². The van der Waals surface area contributed by atoms with Gasteiger partial charge in [-0.15, -0.1) is 0 Å². The van der Waals surface area contributed by atoms with Crippen LogP contribution in [0.5, 0.6) is 0 Å². The lowest BCUT2D eigenvalue weighted by Crippen LogP contribution is -2.40. The molecule has 0 bridgehead atoms. The monoisotopic (exact) mass is 1170 g/mol. The second-order valence-corrected chi connectivity index (χ2v) is 24.8. The van der Waals surface area contributed by atoms with E-state index in [0.29, 0.717) is 23.9 Å². The number of likely N-dealkylation sites (N-methyl/N-ethyl adjacent to an activating group) is 1. The molecule has 0 saturated carbocycles. The largest absolute Gasteiger partial charge is 0.477 e. The summed E-state index contributed by atoms with van der Waals surface area (Å²) in [5.41, 5.74) is 0. The van der Waals surface area contributed by atoms with E-state index >= 15 is 0 Å². The zero-order valence-corrected chi connectivity index (χ0v) is 55.1. The molecule has 0 rings (SSSR count). The van der Waals surface area contributed by atoms with Gasteiger partial charge < -0.3 is 28.5 Å². The van der Waals surface area contributed by atoms with Crippen molar-refractivity contribution in [1.29, 1.82) is 0 Å². The first kappa shape index (κ1) is 79.7. The summed E-state index contributed by atoms with van der Waals surface area (Å²) in [5.74, 6) is -2.01. The number of carboxylic acid groups (broad SMARTS) is 1. The predicted octanol–water partition coefficient (Wildman–Crippen LogP) is 21.7. The van der Waals surface area contributed by atoms with Crippen molar-refractivity contribution >= 4 is 17.9 Å². The number of carbonyl (C=O) groups excluding carboxylic acids is 2. The molecule has 0 radical (unpaired) electrons. The number of rotatable bonds is 65. The van der Waals surface area contributed by atoms with Crippen LogP contribution >= 0.6 is 0 Å². The summed E-state index contributed by atoms with van der Waals surface area (Å²) in [6.07, 6.45) is 83.1. The first-order valence-electron chi connectivity index (χ1n) is 35.1. The Hall–Kier alpha value is -3.27. The van der Waals surface area contributed by atoms with Crippen molar-refractivity contribution in [3.63, 3.8) is 0 Å². The molecule has 2 unspecified atom stereocenters. The molecule has 0 aliphatic carbocycles. The molecule has 83 heavy (non-hydrogen) atoms. The maximum absolute atomic E-state index is 12.9. The number of carbonyl (C=O) groups is 3. The minimum atomic E-state index is -1.52. The maximum Gasteiger partial charge on any atom is 0.361 e. The van der Waals surface area contributed by atoms with Gasteiger partial charge in [-0.1, -0.05) is 318 Å². The fourth-order valence-corrected chi connectivity index (χ4v) is 10.1. The zero-order chi connectivity index (χ0) is 60.5. The number of hydrogen-bond donors (Lipinski definition) is 1. The zero-order valence-electron chi connectivity index (χ0n) is 55.1. The van der Waals surface area contributed by atoms with Gasteiger partial charge in [-0.05, 0) is 64.2 Å². The Balaban J connectivity index is 4.09. The minimum Gasteiger partial charge on any atom is -0.477 e. The summed E-state index contributed by atoms with van der Waals surface area (Å²) in [7, 11) is 5.97. The van der Waals surface area contributed by atoms with Gasteiger partial charge in [0, 0.05) is 12.8 Å². The van der Waals surface area contributed by atoms with Gasteiger partial charge >= 0.3 is 17.9 Å². The lowest BCUT2D eigenvalue weighted by Gasteiger charge is -2.25. The molecule has 0 aromatic carbocycles. The van der Waals surface area contributed by atoms with E-state index < -0.39 is 24.3 Å². The molecule has 0 heterocycles. The molecule has 0 aliphatic heterocycles. The van der Waals surface area contributed by atoms with Crippen LogP contribution in [0.2, 0.25) is 0 Å². The Kier molecular flexibility index (Phi) is 62.2. The molecular formula is C74H134NO8+. The van der Waals surface area contributed by atoms with Gasteiger partial charge in [0.2, 0.25) is 0 Å². The lowest BCUT2D eigenvalue weighted by atomic mass is 10.0. The Labute approximate surface area is 513 Å². The van der Waals surface area contributed by atoms with Crippen LogP contribution in [-0.4, -0.2) is 87.4 Å². The van der Waals surface area contributed by atoms with Crippen LogP contribution in [0, 0.1) is 0 Å². The first-order chi connectivity index (χ1) is 40.6. The molecule has 0 aliphatic rings. The van der Waals surface area contributed by atoms with Crippen molar-refractivity contribution in [2.45, 2.75) is 334 Å². The van der Waals surface area contributed by atoms with Crippen LogP contribution in [0.4, 0.5) is 0 Å². The van der Waals surface area contributed by atoms with E-state index in [0.717, 1.165) is 96.3 Å². The predicted molar refractivity (Wildman–Crippen MR) is 355 cm³/mol. The topological polar surface area (TPSA) is 108 Å². The van der Waals surface area contributed by atoms with Crippen molar-refractivity contribution in [3.8, 4) is 0 Å². The highest BCUT2D eigenvalue weighted by molar-refractivity contribution is 5.71. The lowest BCUT2D eigenvalue weighted by molar-refractivity contribution is -0.870. The number of nitrogens with zero attached hydrogens (tertiary/aromatic N) is 1. The van der Waals surface area contributed by atoms with Crippen LogP contribution in [0.25, 0.3) is 0 Å². The van der Waals surface area contributed by atoms with E-state index in [1.165, 1.54) is 193 Å². The molecule has 1 N–H and O–H groups in total. The van der Waals surface area contributed by atoms with Gasteiger partial charge in [0.1, 0.15) is 13.2 Å². The van der Waals surface area contributed by atoms with E-state index in [1.807, 2.05) is 21.1 Å². The smallest absolute Gasteiger partial charge is 0.361 e. The number of ether oxygens (including phenoxy) is 4. The van der Waals surface area contributed by atoms with E-state index in [4.69, 9.17) is 18.9 Å². The summed E-state index contributed by atoms with van der Waals surface area (Å²) in [6.45, 7) is 4.79. The fourth-order valence-electron chi connectivity index (χ4n) is 10.1. The van der Waals surface area contributed by atoms with E-state index in [1.54, 1.807) is 0 Å². The van der Waals surface area contributed by atoms with Crippen molar-refractivity contribution < 1.29 is 42.9 Å². The Morgan fingerprint density at radius 1 is 0.373 bits per heavy atom. The van der Waals surface area contributed by atoms with Crippen LogP contribution in [0.1, 0.15) is 322 Å². The van der Waals surface area contributed by atoms with Gasteiger partial charge in [-0.3, -0.25) is 9.59 Å². The average molecular weight is 1170 g/mol. The summed E-state index contributed by atoms with van der Waals surface area (Å²) in [4.78, 5) is 37.6. The standard InChI is InChI=1S/C74H133NO8/c1-6-8-10-12-14-16-18-20-22-24-26-28-30-32-33-34-35-36-37-38-39-41-42-44-46-48-50-52-54-56-58-60-62-64-71(76)81-68-70(69-82-74(73(78)79)80-67-66-75(3,4)5)83-72(77)65-63-61-59-57-55-53-51-49-47-45-43-40-31-29-27-25-23-21-19-17-15-13-11-9-7-2/h9,11,15,17,21,23,27,29,40,43,47,49,70,74H,6-8,10,12-14,16,18-20,22,24-26,28,30-39,41-42,44-46,48,50-69H2,1-5H3/p+1/b11-9-,17-15-,23-21-,29-27-,43-40-,49-47-. The second kappa shape index (κ2) is 64.7. The minimum absolute atomic E-state index is 0.183.